The molecule has 0 heterocycles. The summed E-state index contributed by atoms with van der Waals surface area (Å²) >= 11 is 0. The van der Waals surface area contributed by atoms with Gasteiger partial charge in [-0.2, -0.15) is 0 Å². The number of carbonyl (C=O) groups excluding carboxylic acids is 2. The first-order chi connectivity index (χ1) is 12.5. The Morgan fingerprint density at radius 3 is 1.85 bits per heavy atom. The fourth-order valence-electron chi connectivity index (χ4n) is 2.47. The average molecular weight is 369 g/mol. The zero-order chi connectivity index (χ0) is 19.4. The van der Waals surface area contributed by atoms with Gasteiger partial charge in [-0.05, 0) is 24.5 Å². The number of amides is 2. The molecule has 2 N–H and O–H groups in total. The first-order valence-electron chi connectivity index (χ1n) is 8.79. The molecule has 146 valence electrons. The third kappa shape index (κ3) is 9.40. The van der Waals surface area contributed by atoms with Crippen LogP contribution in [0.15, 0.2) is 66.7 Å². The molecule has 2 amide bonds. The van der Waals surface area contributed by atoms with Gasteiger partial charge in [-0.15, -0.1) is 0 Å². The Balaban J connectivity index is 0.000000483. The Morgan fingerprint density at radius 1 is 0.926 bits per heavy atom. The summed E-state index contributed by atoms with van der Waals surface area (Å²) in [6, 6.07) is 19.9. The molecule has 1 atom stereocenters. The molecule has 4 nitrogen and oxygen atoms in total. The fourth-order valence-corrected chi connectivity index (χ4v) is 2.47. The van der Waals surface area contributed by atoms with Crippen molar-refractivity contribution in [2.75, 3.05) is 0 Å². The lowest BCUT2D eigenvalue weighted by Gasteiger charge is -2.15. The smallest absolute Gasteiger partial charge is 0.221 e. The molecule has 0 fully saturated rings. The second-order valence-electron chi connectivity index (χ2n) is 5.82. The van der Waals surface area contributed by atoms with Crippen molar-refractivity contribution in [3.05, 3.63) is 77.9 Å². The van der Waals surface area contributed by atoms with Crippen molar-refractivity contribution in [3.63, 3.8) is 0 Å². The van der Waals surface area contributed by atoms with E-state index in [1.54, 1.807) is 6.92 Å². The van der Waals surface area contributed by atoms with Crippen LogP contribution in [0.2, 0.25) is 0 Å². The van der Waals surface area contributed by atoms with Crippen LogP contribution in [0.1, 0.15) is 58.7 Å². The highest BCUT2D eigenvalue weighted by Crippen LogP contribution is 2.15. The molecular formula is C23H32N2O2. The normalized spacial score (nSPS) is 11.2. The van der Waals surface area contributed by atoms with E-state index in [0.717, 1.165) is 17.7 Å². The molecule has 0 aliphatic rings. The van der Waals surface area contributed by atoms with E-state index in [1.165, 1.54) is 12.5 Å². The zero-order valence-corrected chi connectivity index (χ0v) is 16.0. The number of hydrogen-bond donors (Lipinski definition) is 2. The third-order valence-electron chi connectivity index (χ3n) is 3.67. The highest BCUT2D eigenvalue weighted by Gasteiger charge is 2.08. The molecule has 0 radical (unpaired) electrons. The summed E-state index contributed by atoms with van der Waals surface area (Å²) in [6.07, 6.45) is 2.81. The van der Waals surface area contributed by atoms with Crippen molar-refractivity contribution in [2.24, 2.45) is 0 Å². The Labute approximate surface area is 163 Å². The number of benzene rings is 2. The minimum Gasteiger partial charge on any atom is -0.350 e. The molecule has 2 aromatic rings. The Bertz CT molecular complexity index is 710. The predicted octanol–water partition coefficient (Wildman–Crippen LogP) is 5.09. The number of allylic oxidation sites excluding steroid dienone is 1. The maximum Gasteiger partial charge on any atom is 0.221 e. The maximum atomic E-state index is 10.9. The van der Waals surface area contributed by atoms with E-state index in [1.807, 2.05) is 73.7 Å². The van der Waals surface area contributed by atoms with Crippen molar-refractivity contribution >= 4 is 17.5 Å². The number of carbonyl (C=O) groups is 2. The van der Waals surface area contributed by atoms with Crippen LogP contribution in [0.5, 0.6) is 0 Å². The predicted molar refractivity (Wildman–Crippen MR) is 114 cm³/mol. The summed E-state index contributed by atoms with van der Waals surface area (Å²) in [5.41, 5.74) is 3.05. The molecule has 0 aliphatic heterocycles. The molecule has 0 aromatic heterocycles. The first-order valence-corrected chi connectivity index (χ1v) is 8.79. The highest BCUT2D eigenvalue weighted by atomic mass is 16.2. The molecule has 0 spiro atoms. The van der Waals surface area contributed by atoms with Gasteiger partial charge in [0.05, 0.1) is 6.04 Å². The van der Waals surface area contributed by atoms with Gasteiger partial charge in [-0.1, -0.05) is 81.1 Å². The summed E-state index contributed by atoms with van der Waals surface area (Å²) in [5, 5.41) is 5.67. The van der Waals surface area contributed by atoms with Crippen LogP contribution in [0.4, 0.5) is 0 Å². The van der Waals surface area contributed by atoms with Crippen LogP contribution in [0.25, 0.3) is 5.70 Å². The molecule has 27 heavy (non-hydrogen) atoms. The lowest BCUT2D eigenvalue weighted by atomic mass is 10.1. The van der Waals surface area contributed by atoms with Crippen molar-refractivity contribution in [2.45, 2.75) is 47.6 Å². The molecule has 0 saturated heterocycles. The molecule has 0 aliphatic carbocycles. The van der Waals surface area contributed by atoms with Crippen LogP contribution < -0.4 is 10.6 Å². The summed E-state index contributed by atoms with van der Waals surface area (Å²) in [6.45, 7) is 7.02. The van der Waals surface area contributed by atoms with Gasteiger partial charge >= 0.3 is 0 Å². The fraction of sp³-hybridized carbons (Fsp3) is 0.304. The number of rotatable bonds is 5. The van der Waals surface area contributed by atoms with E-state index in [-0.39, 0.29) is 25.3 Å². The number of hydrogen-bond acceptors (Lipinski definition) is 2. The lowest BCUT2D eigenvalue weighted by molar-refractivity contribution is -0.120. The van der Waals surface area contributed by atoms with Crippen molar-refractivity contribution in [1.29, 1.82) is 0 Å². The van der Waals surface area contributed by atoms with Crippen LogP contribution in [0, 0.1) is 0 Å². The molecule has 0 unspecified atom stereocenters. The van der Waals surface area contributed by atoms with Gasteiger partial charge in [0.1, 0.15) is 0 Å². The minimum absolute atomic E-state index is 0. The summed E-state index contributed by atoms with van der Waals surface area (Å²) in [7, 11) is 0. The van der Waals surface area contributed by atoms with Gasteiger partial charge in [0.2, 0.25) is 11.8 Å². The van der Waals surface area contributed by atoms with E-state index in [0.29, 0.717) is 0 Å². The van der Waals surface area contributed by atoms with E-state index < -0.39 is 0 Å². The topological polar surface area (TPSA) is 58.2 Å². The van der Waals surface area contributed by atoms with E-state index in [2.05, 4.69) is 17.6 Å². The molecular weight excluding hydrogens is 336 g/mol. The molecule has 4 heteroatoms. The minimum atomic E-state index is -0.0445. The standard InChI is InChI=1S/C11H15NO.C11H13NO.CH4/c2*1-3-11(12-9(2)13)10-7-5-4-6-8-10;/h4-8,11H,3H2,1-2H3,(H,12,13);3-8H,1-2H3,(H,12,13);1H4/t11-;;/m0../s1. The van der Waals surface area contributed by atoms with E-state index in [9.17, 15) is 9.59 Å². The quantitative estimate of drug-likeness (QED) is 0.772. The monoisotopic (exact) mass is 368 g/mol. The van der Waals surface area contributed by atoms with Crippen LogP contribution in [0.3, 0.4) is 0 Å². The van der Waals surface area contributed by atoms with Crippen LogP contribution in [-0.2, 0) is 9.59 Å². The first kappa shape index (κ1) is 24.1. The van der Waals surface area contributed by atoms with E-state index >= 15 is 0 Å². The number of nitrogens with one attached hydrogen (secondary N) is 2. The van der Waals surface area contributed by atoms with Crippen LogP contribution in [-0.4, -0.2) is 11.8 Å². The summed E-state index contributed by atoms with van der Waals surface area (Å²) < 4.78 is 0. The summed E-state index contributed by atoms with van der Waals surface area (Å²) in [4.78, 5) is 21.7. The second-order valence-corrected chi connectivity index (χ2v) is 5.82. The van der Waals surface area contributed by atoms with Gasteiger partial charge in [0.15, 0.2) is 0 Å². The Morgan fingerprint density at radius 2 is 1.44 bits per heavy atom. The largest absolute Gasteiger partial charge is 0.350 e. The van der Waals surface area contributed by atoms with Crippen molar-refractivity contribution in [1.82, 2.24) is 10.6 Å². The maximum absolute atomic E-state index is 10.9. The Kier molecular flexibility index (Phi) is 11.9. The average Bonchev–Trinajstić information content (AvgIpc) is 2.66. The summed E-state index contributed by atoms with van der Waals surface area (Å²) in [5.74, 6) is -0.0207. The zero-order valence-electron chi connectivity index (χ0n) is 16.0. The second kappa shape index (κ2) is 13.3. The highest BCUT2D eigenvalue weighted by molar-refractivity contribution is 5.84. The molecule has 0 saturated carbocycles. The van der Waals surface area contributed by atoms with Crippen molar-refractivity contribution < 1.29 is 9.59 Å². The van der Waals surface area contributed by atoms with Gasteiger partial charge in [0, 0.05) is 19.5 Å². The van der Waals surface area contributed by atoms with Gasteiger partial charge in [0.25, 0.3) is 0 Å². The SMILES string of the molecule is C.CC=C(NC(C)=O)c1ccccc1.CC[C@H](NC(C)=O)c1ccccc1. The molecule has 0 bridgehead atoms. The molecule has 2 rings (SSSR count). The Hall–Kier alpha value is -2.88. The lowest BCUT2D eigenvalue weighted by Crippen LogP contribution is -2.25. The molecule has 2 aromatic carbocycles. The van der Waals surface area contributed by atoms with E-state index in [4.69, 9.17) is 0 Å². The third-order valence-corrected chi connectivity index (χ3v) is 3.67. The van der Waals surface area contributed by atoms with Gasteiger partial charge < -0.3 is 10.6 Å². The van der Waals surface area contributed by atoms with Crippen molar-refractivity contribution in [3.8, 4) is 0 Å². The van der Waals surface area contributed by atoms with Gasteiger partial charge in [-0.25, -0.2) is 0 Å². The van der Waals surface area contributed by atoms with Gasteiger partial charge in [-0.3, -0.25) is 9.59 Å². The van der Waals surface area contributed by atoms with Crippen LogP contribution >= 0.6 is 0 Å².